The van der Waals surface area contributed by atoms with E-state index >= 15 is 0 Å². The predicted molar refractivity (Wildman–Crippen MR) is 143 cm³/mol. The molecular formula is C30H33N3O2. The van der Waals surface area contributed by atoms with E-state index in [0.29, 0.717) is 0 Å². The second kappa shape index (κ2) is 9.57. The Balaban J connectivity index is 1.52. The molecule has 2 N–H and O–H groups in total. The predicted octanol–water partition coefficient (Wildman–Crippen LogP) is 6.49. The zero-order chi connectivity index (χ0) is 24.5. The first-order valence-corrected chi connectivity index (χ1v) is 12.6. The zero-order valence-electron chi connectivity index (χ0n) is 20.7. The zero-order valence-corrected chi connectivity index (χ0v) is 20.7. The maximum Gasteiger partial charge on any atom is 0.224 e. The van der Waals surface area contributed by atoms with Gasteiger partial charge in [-0.3, -0.25) is 9.59 Å². The highest BCUT2D eigenvalue weighted by Gasteiger charge is 2.32. The minimum absolute atomic E-state index is 0.0615. The smallest absolute Gasteiger partial charge is 0.224 e. The summed E-state index contributed by atoms with van der Waals surface area (Å²) < 4.78 is 0. The number of fused-ring (bicyclic) bond motifs is 2. The number of carbonyl (C=O) groups excluding carboxylic acids is 2. The van der Waals surface area contributed by atoms with Gasteiger partial charge in [-0.25, -0.2) is 0 Å². The summed E-state index contributed by atoms with van der Waals surface area (Å²) >= 11 is 0. The van der Waals surface area contributed by atoms with Crippen molar-refractivity contribution in [1.29, 1.82) is 0 Å². The molecule has 0 aromatic heterocycles. The summed E-state index contributed by atoms with van der Waals surface area (Å²) in [4.78, 5) is 26.0. The molecule has 0 fully saturated rings. The van der Waals surface area contributed by atoms with Crippen LogP contribution in [0.25, 0.3) is 11.1 Å². The number of hydrogen-bond donors (Lipinski definition) is 2. The van der Waals surface area contributed by atoms with Gasteiger partial charge in [0.05, 0.1) is 6.04 Å². The van der Waals surface area contributed by atoms with Crippen LogP contribution in [0.1, 0.15) is 62.8 Å². The molecule has 0 spiro atoms. The molecule has 2 aliphatic rings. The summed E-state index contributed by atoms with van der Waals surface area (Å²) in [6.07, 6.45) is 5.69. The molecule has 3 aromatic rings. The molecule has 180 valence electrons. The van der Waals surface area contributed by atoms with Gasteiger partial charge in [-0.05, 0) is 103 Å². The van der Waals surface area contributed by atoms with Crippen molar-refractivity contribution in [3.8, 4) is 11.1 Å². The number of amides is 2. The maximum atomic E-state index is 12.6. The molecule has 1 heterocycles. The van der Waals surface area contributed by atoms with Crippen LogP contribution in [-0.4, -0.2) is 17.9 Å². The first-order valence-electron chi connectivity index (χ1n) is 12.6. The van der Waals surface area contributed by atoms with Gasteiger partial charge in [-0.1, -0.05) is 24.3 Å². The minimum Gasteiger partial charge on any atom is -0.378 e. The van der Waals surface area contributed by atoms with Gasteiger partial charge in [0.1, 0.15) is 0 Å². The SMILES string of the molecule is CC(=O)Nc1cccc(-c2ccc3c(c2)[C@H](Nc2ccc4c(c2)CCCC4)C[C@H](C)N3C(C)=O)c1. The normalized spacial score (nSPS) is 18.9. The van der Waals surface area contributed by atoms with Crippen molar-refractivity contribution < 1.29 is 9.59 Å². The number of carbonyl (C=O) groups is 2. The molecule has 1 aliphatic carbocycles. The molecule has 2 atom stereocenters. The lowest BCUT2D eigenvalue weighted by Gasteiger charge is -2.40. The molecule has 0 unspecified atom stereocenters. The monoisotopic (exact) mass is 467 g/mol. The van der Waals surface area contributed by atoms with Gasteiger partial charge in [-0.2, -0.15) is 0 Å². The Hall–Kier alpha value is -3.60. The molecular weight excluding hydrogens is 434 g/mol. The minimum atomic E-state index is -0.0898. The quantitative estimate of drug-likeness (QED) is 0.461. The Bertz CT molecular complexity index is 1280. The van der Waals surface area contributed by atoms with Crippen LogP contribution in [0.3, 0.4) is 0 Å². The first kappa shape index (κ1) is 23.2. The molecule has 3 aromatic carbocycles. The Labute approximate surface area is 207 Å². The summed E-state index contributed by atoms with van der Waals surface area (Å²) in [6, 6.07) is 21.2. The average molecular weight is 468 g/mol. The summed E-state index contributed by atoms with van der Waals surface area (Å²) in [5.74, 6) is -0.0284. The van der Waals surface area contributed by atoms with E-state index in [1.807, 2.05) is 29.2 Å². The standard InChI is InChI=1S/C30H33N3O2/c1-19-15-29(32-27-13-11-22-7-4-5-8-23(22)16-27)28-18-25(12-14-30(28)33(19)21(3)35)24-9-6-10-26(17-24)31-20(2)34/h6,9-14,16-19,29,32H,4-5,7-8,15H2,1-3H3,(H,31,34)/t19-,29+/m0/s1. The lowest BCUT2D eigenvalue weighted by molar-refractivity contribution is -0.117. The number of anilines is 3. The van der Waals surface area contributed by atoms with Gasteiger partial charge in [0.2, 0.25) is 11.8 Å². The summed E-state index contributed by atoms with van der Waals surface area (Å²) in [6.45, 7) is 5.28. The highest BCUT2D eigenvalue weighted by molar-refractivity contribution is 5.94. The largest absolute Gasteiger partial charge is 0.378 e. The number of nitrogens with zero attached hydrogens (tertiary/aromatic N) is 1. The van der Waals surface area contributed by atoms with Gasteiger partial charge >= 0.3 is 0 Å². The van der Waals surface area contributed by atoms with Gasteiger partial charge in [0.15, 0.2) is 0 Å². The van der Waals surface area contributed by atoms with Crippen molar-refractivity contribution in [1.82, 2.24) is 0 Å². The Morgan fingerprint density at radius 2 is 1.63 bits per heavy atom. The van der Waals surface area contributed by atoms with Gasteiger partial charge < -0.3 is 15.5 Å². The third-order valence-electron chi connectivity index (χ3n) is 7.22. The van der Waals surface area contributed by atoms with Gasteiger partial charge in [-0.15, -0.1) is 0 Å². The van der Waals surface area contributed by atoms with E-state index in [-0.39, 0.29) is 23.9 Å². The van der Waals surface area contributed by atoms with Gasteiger partial charge in [0, 0.05) is 37.0 Å². The molecule has 5 heteroatoms. The molecule has 0 saturated heterocycles. The highest BCUT2D eigenvalue weighted by Crippen LogP contribution is 2.41. The third kappa shape index (κ3) is 4.81. The molecule has 0 radical (unpaired) electrons. The van der Waals surface area contributed by atoms with E-state index in [0.717, 1.165) is 46.6 Å². The van der Waals surface area contributed by atoms with Crippen molar-refractivity contribution in [2.24, 2.45) is 0 Å². The van der Waals surface area contributed by atoms with Crippen molar-refractivity contribution >= 4 is 28.9 Å². The number of hydrogen-bond acceptors (Lipinski definition) is 3. The molecule has 35 heavy (non-hydrogen) atoms. The molecule has 1 aliphatic heterocycles. The lowest BCUT2D eigenvalue weighted by atomic mass is 9.88. The fourth-order valence-electron chi connectivity index (χ4n) is 5.66. The highest BCUT2D eigenvalue weighted by atomic mass is 16.2. The second-order valence-electron chi connectivity index (χ2n) is 9.90. The average Bonchev–Trinajstić information content (AvgIpc) is 2.83. The molecule has 5 nitrogen and oxygen atoms in total. The first-order chi connectivity index (χ1) is 16.9. The fourth-order valence-corrected chi connectivity index (χ4v) is 5.66. The number of nitrogens with one attached hydrogen (secondary N) is 2. The van der Waals surface area contributed by atoms with E-state index in [2.05, 4.69) is 54.0 Å². The van der Waals surface area contributed by atoms with Crippen LogP contribution in [0, 0.1) is 0 Å². The van der Waals surface area contributed by atoms with E-state index in [9.17, 15) is 9.59 Å². The summed E-state index contributed by atoms with van der Waals surface area (Å²) in [7, 11) is 0. The Morgan fingerprint density at radius 1 is 0.857 bits per heavy atom. The second-order valence-corrected chi connectivity index (χ2v) is 9.90. The fraction of sp³-hybridized carbons (Fsp3) is 0.333. The van der Waals surface area contributed by atoms with Crippen LogP contribution < -0.4 is 15.5 Å². The van der Waals surface area contributed by atoms with E-state index in [1.54, 1.807) is 6.92 Å². The number of benzene rings is 3. The number of rotatable bonds is 4. The van der Waals surface area contributed by atoms with Crippen LogP contribution in [0.15, 0.2) is 60.7 Å². The van der Waals surface area contributed by atoms with Crippen LogP contribution in [0.4, 0.5) is 17.1 Å². The molecule has 0 saturated carbocycles. The van der Waals surface area contributed by atoms with Crippen molar-refractivity contribution in [3.63, 3.8) is 0 Å². The van der Waals surface area contributed by atoms with Crippen molar-refractivity contribution in [2.75, 3.05) is 15.5 Å². The van der Waals surface area contributed by atoms with Crippen LogP contribution >= 0.6 is 0 Å². The number of aryl methyl sites for hydroxylation is 2. The summed E-state index contributed by atoms with van der Waals surface area (Å²) in [5, 5.41) is 6.67. The third-order valence-corrected chi connectivity index (χ3v) is 7.22. The van der Waals surface area contributed by atoms with Crippen LogP contribution in [0.5, 0.6) is 0 Å². The maximum absolute atomic E-state index is 12.6. The topological polar surface area (TPSA) is 61.4 Å². The lowest BCUT2D eigenvalue weighted by Crippen LogP contribution is -2.43. The van der Waals surface area contributed by atoms with Crippen molar-refractivity contribution in [3.05, 3.63) is 77.4 Å². The van der Waals surface area contributed by atoms with E-state index < -0.39 is 0 Å². The van der Waals surface area contributed by atoms with Crippen LogP contribution in [-0.2, 0) is 22.4 Å². The molecule has 2 amide bonds. The molecule has 5 rings (SSSR count). The Morgan fingerprint density at radius 3 is 2.40 bits per heavy atom. The van der Waals surface area contributed by atoms with E-state index in [4.69, 9.17) is 0 Å². The Kier molecular flexibility index (Phi) is 6.33. The van der Waals surface area contributed by atoms with Gasteiger partial charge in [0.25, 0.3) is 0 Å². The summed E-state index contributed by atoms with van der Waals surface area (Å²) in [5.41, 5.74) is 9.03. The molecule has 0 bridgehead atoms. The van der Waals surface area contributed by atoms with Crippen LogP contribution in [0.2, 0.25) is 0 Å². The van der Waals surface area contributed by atoms with Crippen molar-refractivity contribution in [2.45, 2.75) is 65.0 Å². The van der Waals surface area contributed by atoms with E-state index in [1.165, 1.54) is 37.3 Å².